The number of methoxy groups -OCH3 is 1. The van der Waals surface area contributed by atoms with Crippen molar-refractivity contribution in [3.63, 3.8) is 0 Å². The molecule has 1 aliphatic rings. The van der Waals surface area contributed by atoms with E-state index in [-0.39, 0.29) is 18.7 Å². The molecule has 0 spiro atoms. The number of carbonyl (C=O) groups excluding carboxylic acids is 1. The van der Waals surface area contributed by atoms with Gasteiger partial charge in [-0.3, -0.25) is 9.59 Å². The van der Waals surface area contributed by atoms with E-state index >= 15 is 0 Å². The number of likely N-dealkylation sites (tertiary alicyclic amines) is 1. The fourth-order valence-corrected chi connectivity index (χ4v) is 2.96. The summed E-state index contributed by atoms with van der Waals surface area (Å²) >= 11 is 0. The molecule has 2 atom stereocenters. The van der Waals surface area contributed by atoms with Crippen molar-refractivity contribution in [3.8, 4) is 0 Å². The van der Waals surface area contributed by atoms with Crippen LogP contribution in [0.25, 0.3) is 0 Å². The van der Waals surface area contributed by atoms with Gasteiger partial charge >= 0.3 is 5.97 Å². The number of carbonyl (C=O) groups is 2. The Labute approximate surface area is 132 Å². The van der Waals surface area contributed by atoms with E-state index in [1.54, 1.807) is 0 Å². The zero-order valence-corrected chi connectivity index (χ0v) is 12.8. The normalized spacial score (nSPS) is 21.5. The Kier molecular flexibility index (Phi) is 5.65. The minimum absolute atomic E-state index is 0.129. The number of halogens is 2. The molecule has 1 aliphatic heterocycles. The maximum absolute atomic E-state index is 13.5. The first-order valence-electron chi connectivity index (χ1n) is 7.42. The minimum Gasteiger partial charge on any atom is -0.481 e. The average Bonchev–Trinajstić information content (AvgIpc) is 2.51. The summed E-state index contributed by atoms with van der Waals surface area (Å²) in [6, 6.07) is 2.45. The number of aliphatic carboxylic acids is 1. The molecule has 0 aromatic heterocycles. The molecule has 1 N–H and O–H groups in total. The van der Waals surface area contributed by atoms with Crippen molar-refractivity contribution in [2.45, 2.75) is 25.3 Å². The highest BCUT2D eigenvalue weighted by Crippen LogP contribution is 2.37. The van der Waals surface area contributed by atoms with Gasteiger partial charge in [0.2, 0.25) is 5.91 Å². The third-order valence-corrected chi connectivity index (χ3v) is 4.06. The molecule has 0 saturated carbocycles. The van der Waals surface area contributed by atoms with Crippen molar-refractivity contribution >= 4 is 11.9 Å². The predicted molar refractivity (Wildman–Crippen MR) is 77.7 cm³/mol. The van der Waals surface area contributed by atoms with Crippen LogP contribution in [0.4, 0.5) is 8.78 Å². The molecule has 1 amide bonds. The fraction of sp³-hybridized carbons (Fsp3) is 0.500. The first-order valence-corrected chi connectivity index (χ1v) is 7.42. The van der Waals surface area contributed by atoms with Gasteiger partial charge in [-0.2, -0.15) is 0 Å². The highest BCUT2D eigenvalue weighted by Gasteiger charge is 2.40. The van der Waals surface area contributed by atoms with E-state index in [1.165, 1.54) is 18.1 Å². The Morgan fingerprint density at radius 1 is 1.39 bits per heavy atom. The van der Waals surface area contributed by atoms with Crippen molar-refractivity contribution in [2.24, 2.45) is 5.92 Å². The van der Waals surface area contributed by atoms with Gasteiger partial charge in [-0.25, -0.2) is 8.78 Å². The lowest BCUT2D eigenvalue weighted by molar-refractivity contribution is -0.152. The third kappa shape index (κ3) is 3.85. The maximum Gasteiger partial charge on any atom is 0.308 e. The van der Waals surface area contributed by atoms with Crippen LogP contribution in [0.1, 0.15) is 30.9 Å². The molecule has 1 aromatic rings. The number of piperidine rings is 1. The lowest BCUT2D eigenvalue weighted by atomic mass is 9.84. The number of ether oxygens (including phenoxy) is 1. The molecule has 23 heavy (non-hydrogen) atoms. The number of hydrogen-bond acceptors (Lipinski definition) is 3. The average molecular weight is 327 g/mol. The Bertz CT molecular complexity index is 593. The Balaban J connectivity index is 2.36. The molecule has 0 radical (unpaired) electrons. The fourth-order valence-electron chi connectivity index (χ4n) is 2.96. The van der Waals surface area contributed by atoms with Crippen molar-refractivity contribution in [2.75, 3.05) is 20.3 Å². The standard InChI is InChI=1S/C16H19F2NO4/c1-23-8-2-7-19-14(20)6-4-11(16(21)22)15(19)10-3-5-12(17)13(18)9-10/h3,5,9,11,15H,2,4,6-8H2,1H3,(H,21,22)/t11-,15+/m1/s1. The summed E-state index contributed by atoms with van der Waals surface area (Å²) in [6.07, 6.45) is 0.845. The number of benzene rings is 1. The summed E-state index contributed by atoms with van der Waals surface area (Å²) in [5.74, 6) is -4.15. The number of nitrogens with zero attached hydrogens (tertiary/aromatic N) is 1. The van der Waals surface area contributed by atoms with Gasteiger partial charge in [-0.1, -0.05) is 6.07 Å². The van der Waals surface area contributed by atoms with Gasteiger partial charge in [0.15, 0.2) is 11.6 Å². The number of rotatable bonds is 6. The molecule has 1 heterocycles. The van der Waals surface area contributed by atoms with E-state index in [4.69, 9.17) is 4.74 Å². The molecule has 1 fully saturated rings. The molecule has 0 aliphatic carbocycles. The summed E-state index contributed by atoms with van der Waals surface area (Å²) in [5, 5.41) is 9.44. The number of carboxylic acid groups (broad SMARTS) is 1. The lowest BCUT2D eigenvalue weighted by Crippen LogP contribution is -2.46. The van der Waals surface area contributed by atoms with E-state index in [0.717, 1.165) is 12.1 Å². The van der Waals surface area contributed by atoms with Crippen molar-refractivity contribution < 1.29 is 28.2 Å². The van der Waals surface area contributed by atoms with Crippen molar-refractivity contribution in [1.29, 1.82) is 0 Å². The van der Waals surface area contributed by atoms with Crippen LogP contribution in [-0.4, -0.2) is 42.1 Å². The first-order chi connectivity index (χ1) is 11.0. The monoisotopic (exact) mass is 327 g/mol. The topological polar surface area (TPSA) is 66.8 Å². The van der Waals surface area contributed by atoms with Crippen molar-refractivity contribution in [1.82, 2.24) is 4.90 Å². The second-order valence-corrected chi connectivity index (χ2v) is 5.54. The van der Waals surface area contributed by atoms with Crippen LogP contribution in [-0.2, 0) is 14.3 Å². The summed E-state index contributed by atoms with van der Waals surface area (Å²) in [4.78, 5) is 25.2. The van der Waals surface area contributed by atoms with E-state index < -0.39 is 29.6 Å². The second kappa shape index (κ2) is 7.50. The van der Waals surface area contributed by atoms with Crippen LogP contribution in [0.3, 0.4) is 0 Å². The predicted octanol–water partition coefficient (Wildman–Crippen LogP) is 2.37. The van der Waals surface area contributed by atoms with Gasteiger partial charge in [0.05, 0.1) is 12.0 Å². The molecular formula is C16H19F2NO4. The zero-order valence-electron chi connectivity index (χ0n) is 12.8. The third-order valence-electron chi connectivity index (χ3n) is 4.06. The maximum atomic E-state index is 13.5. The largest absolute Gasteiger partial charge is 0.481 e. The Morgan fingerprint density at radius 2 is 2.13 bits per heavy atom. The minimum atomic E-state index is -1.05. The van der Waals surface area contributed by atoms with E-state index in [1.807, 2.05) is 0 Å². The van der Waals surface area contributed by atoms with Gasteiger partial charge < -0.3 is 14.7 Å². The highest BCUT2D eigenvalue weighted by molar-refractivity contribution is 5.81. The molecule has 0 unspecified atom stereocenters. The van der Waals surface area contributed by atoms with Gasteiger partial charge in [0, 0.05) is 26.7 Å². The number of carboxylic acids is 1. The molecule has 1 saturated heterocycles. The van der Waals surface area contributed by atoms with Crippen LogP contribution in [0, 0.1) is 17.6 Å². The molecule has 2 rings (SSSR count). The molecule has 0 bridgehead atoms. The van der Waals surface area contributed by atoms with E-state index in [9.17, 15) is 23.5 Å². The lowest BCUT2D eigenvalue weighted by Gasteiger charge is -2.40. The highest BCUT2D eigenvalue weighted by atomic mass is 19.2. The van der Waals surface area contributed by atoms with Crippen LogP contribution in [0.5, 0.6) is 0 Å². The number of amides is 1. The van der Waals surface area contributed by atoms with Gasteiger partial charge in [0.1, 0.15) is 0 Å². The van der Waals surface area contributed by atoms with Gasteiger partial charge in [-0.15, -0.1) is 0 Å². The van der Waals surface area contributed by atoms with Gasteiger partial charge in [-0.05, 0) is 30.5 Å². The quantitative estimate of drug-likeness (QED) is 0.815. The molecule has 7 heteroatoms. The van der Waals surface area contributed by atoms with Crippen LogP contribution < -0.4 is 0 Å². The molecule has 5 nitrogen and oxygen atoms in total. The molecule has 126 valence electrons. The van der Waals surface area contributed by atoms with Crippen LogP contribution >= 0.6 is 0 Å². The smallest absolute Gasteiger partial charge is 0.308 e. The molecular weight excluding hydrogens is 308 g/mol. The summed E-state index contributed by atoms with van der Waals surface area (Å²) in [6.45, 7) is 0.728. The van der Waals surface area contributed by atoms with Gasteiger partial charge in [0.25, 0.3) is 0 Å². The number of hydrogen-bond donors (Lipinski definition) is 1. The van der Waals surface area contributed by atoms with Crippen LogP contribution in [0.2, 0.25) is 0 Å². The van der Waals surface area contributed by atoms with E-state index in [2.05, 4.69) is 0 Å². The summed E-state index contributed by atoms with van der Waals surface area (Å²) in [7, 11) is 1.53. The van der Waals surface area contributed by atoms with Crippen molar-refractivity contribution in [3.05, 3.63) is 35.4 Å². The Morgan fingerprint density at radius 3 is 2.74 bits per heavy atom. The molecule has 1 aromatic carbocycles. The SMILES string of the molecule is COCCCN1C(=O)CC[C@@H](C(=O)O)[C@@H]1c1ccc(F)c(F)c1. The zero-order chi connectivity index (χ0) is 17.0. The first kappa shape index (κ1) is 17.3. The summed E-state index contributed by atoms with van der Waals surface area (Å²) < 4.78 is 31.7. The summed E-state index contributed by atoms with van der Waals surface area (Å²) in [5.41, 5.74) is 0.293. The Hall–Kier alpha value is -2.02. The van der Waals surface area contributed by atoms with Crippen LogP contribution in [0.15, 0.2) is 18.2 Å². The van der Waals surface area contributed by atoms with E-state index in [0.29, 0.717) is 25.1 Å². The second-order valence-electron chi connectivity index (χ2n) is 5.54.